The second-order valence-corrected chi connectivity index (χ2v) is 20.6. The third-order valence-electron chi connectivity index (χ3n) is 11.4. The molecular formula is C55H62Cl2N8O9. The lowest BCUT2D eigenvalue weighted by Crippen LogP contribution is -2.44. The molecule has 2 aromatic heterocycles. The monoisotopic (exact) mass is 1050 g/mol. The van der Waals surface area contributed by atoms with Crippen LogP contribution in [0, 0.1) is 13.8 Å². The smallest absolute Gasteiger partial charge is 0.425 e. The molecule has 7 rings (SSSR count). The third kappa shape index (κ3) is 15.3. The van der Waals surface area contributed by atoms with E-state index in [9.17, 15) is 28.8 Å². The highest BCUT2D eigenvalue weighted by molar-refractivity contribution is 6.40. The molecule has 1 aliphatic heterocycles. The van der Waals surface area contributed by atoms with Gasteiger partial charge in [-0.25, -0.2) is 19.3 Å². The highest BCUT2D eigenvalue weighted by atomic mass is 35.5. The van der Waals surface area contributed by atoms with Gasteiger partial charge >= 0.3 is 35.8 Å². The minimum absolute atomic E-state index is 0.124. The van der Waals surface area contributed by atoms with Gasteiger partial charge in [0.1, 0.15) is 16.7 Å². The summed E-state index contributed by atoms with van der Waals surface area (Å²) in [6, 6.07) is 29.5. The second-order valence-electron chi connectivity index (χ2n) is 19.7. The molecule has 0 aliphatic carbocycles. The Bertz CT molecular complexity index is 2950. The molecule has 0 spiro atoms. The van der Waals surface area contributed by atoms with Gasteiger partial charge in [0.25, 0.3) is 0 Å². The number of amides is 6. The molecule has 0 bridgehead atoms. The SMILES string of the molecule is Cc1ccccc1CN(Cc1ccc(Cl)cc1)C(=O)C(=O)Nc1cnc(N(C(=O)OC(C)(C)C)C(=O)OC(C)(C)C)c2cnn(C3CCCCO3)c12.Cc1ccccc1CN(Cc1ccc(Cl)cc1)C(=O)C(N)=O. The largest absolute Gasteiger partial charge is 0.443 e. The van der Waals surface area contributed by atoms with E-state index in [0.29, 0.717) is 46.6 Å². The number of aryl methyl sites for hydroxylation is 2. The molecule has 1 unspecified atom stereocenters. The van der Waals surface area contributed by atoms with Gasteiger partial charge in [0.15, 0.2) is 12.0 Å². The van der Waals surface area contributed by atoms with Crippen LogP contribution in [0.15, 0.2) is 109 Å². The van der Waals surface area contributed by atoms with Gasteiger partial charge in [-0.3, -0.25) is 19.2 Å². The minimum atomic E-state index is -1.02. The number of carbonyl (C=O) groups is 6. The maximum atomic E-state index is 14.0. The fourth-order valence-electron chi connectivity index (χ4n) is 7.80. The molecule has 1 fully saturated rings. The summed E-state index contributed by atoms with van der Waals surface area (Å²) in [7, 11) is 0. The quantitative estimate of drug-likeness (QED) is 0.117. The zero-order chi connectivity index (χ0) is 53.9. The number of fused-ring (bicyclic) bond motifs is 1. The first kappa shape index (κ1) is 56.0. The molecule has 1 atom stereocenters. The molecule has 19 heteroatoms. The first-order valence-corrected chi connectivity index (χ1v) is 24.7. The Balaban J connectivity index is 0.000000337. The molecule has 4 aromatic carbocycles. The Morgan fingerprint density at radius 3 is 1.62 bits per heavy atom. The zero-order valence-corrected chi connectivity index (χ0v) is 44.3. The summed E-state index contributed by atoms with van der Waals surface area (Å²) in [4.78, 5) is 86.5. The highest BCUT2D eigenvalue weighted by Crippen LogP contribution is 2.36. The molecule has 0 radical (unpaired) electrons. The van der Waals surface area contributed by atoms with Crippen LogP contribution in [-0.2, 0) is 59.6 Å². The number of nitrogens with one attached hydrogen (secondary N) is 1. The Morgan fingerprint density at radius 2 is 1.18 bits per heavy atom. The maximum absolute atomic E-state index is 14.0. The summed E-state index contributed by atoms with van der Waals surface area (Å²) in [5.74, 6) is -3.50. The van der Waals surface area contributed by atoms with Crippen LogP contribution in [0.2, 0.25) is 10.0 Å². The lowest BCUT2D eigenvalue weighted by atomic mass is 10.1. The Hall–Kier alpha value is -7.34. The number of rotatable bonds is 11. The fraction of sp³-hybridized carbons (Fsp3) is 0.345. The summed E-state index contributed by atoms with van der Waals surface area (Å²) >= 11 is 12.0. The van der Waals surface area contributed by atoms with Gasteiger partial charge in [0.05, 0.1) is 23.5 Å². The van der Waals surface area contributed by atoms with Gasteiger partial charge in [0.2, 0.25) is 0 Å². The summed E-state index contributed by atoms with van der Waals surface area (Å²) in [6.45, 7) is 15.4. The zero-order valence-electron chi connectivity index (χ0n) is 42.8. The summed E-state index contributed by atoms with van der Waals surface area (Å²) in [5, 5.41) is 8.70. The number of benzene rings is 4. The van der Waals surface area contributed by atoms with Crippen molar-refractivity contribution < 1.29 is 43.0 Å². The van der Waals surface area contributed by atoms with Gasteiger partial charge in [-0.05, 0) is 132 Å². The van der Waals surface area contributed by atoms with E-state index < -0.39 is 53.2 Å². The number of aromatic nitrogens is 3. The third-order valence-corrected chi connectivity index (χ3v) is 11.9. The molecule has 3 heterocycles. The van der Waals surface area contributed by atoms with Crippen LogP contribution in [0.3, 0.4) is 0 Å². The number of pyridine rings is 1. The van der Waals surface area contributed by atoms with Gasteiger partial charge < -0.3 is 35.1 Å². The lowest BCUT2D eigenvalue weighted by molar-refractivity contribution is -0.145. The van der Waals surface area contributed by atoms with Crippen molar-refractivity contribution in [2.24, 2.45) is 5.73 Å². The standard InChI is InChI=1S/C38H45ClN6O7.C17H17ClN2O2/c1-24-12-8-9-13-26(24)23-43(22-25-15-17-27(39)18-16-25)34(47)33(46)42-29-21-40-32(28-20-41-45(31(28)29)30-14-10-11-19-50-30)44(35(48)51-37(2,3)4)36(49)52-38(5,6)7;1-12-4-2-3-5-14(12)11-20(17(22)16(19)21)10-13-6-8-15(18)9-7-13/h8-9,12-13,15-18,20-21,30H,10-11,14,19,22-23H2,1-7H3,(H,42,46);2-9H,10-11H2,1H3,(H2,19,21). The molecule has 74 heavy (non-hydrogen) atoms. The van der Waals surface area contributed by atoms with Crippen LogP contribution in [-0.4, -0.2) is 78.2 Å². The van der Waals surface area contributed by atoms with E-state index in [4.69, 9.17) is 43.1 Å². The Labute approximate surface area is 440 Å². The van der Waals surface area contributed by atoms with E-state index in [-0.39, 0.29) is 30.0 Å². The minimum Gasteiger partial charge on any atom is -0.443 e. The summed E-state index contributed by atoms with van der Waals surface area (Å²) in [6.07, 6.45) is 2.51. The molecule has 3 N–H and O–H groups in total. The fourth-order valence-corrected chi connectivity index (χ4v) is 8.05. The first-order valence-electron chi connectivity index (χ1n) is 24.0. The van der Waals surface area contributed by atoms with Crippen molar-refractivity contribution in [3.8, 4) is 0 Å². The van der Waals surface area contributed by atoms with E-state index in [1.165, 1.54) is 22.2 Å². The van der Waals surface area contributed by atoms with Gasteiger partial charge in [0, 0.05) is 42.8 Å². The number of imide groups is 1. The number of carbonyl (C=O) groups excluding carboxylic acids is 6. The van der Waals surface area contributed by atoms with Crippen molar-refractivity contribution >= 4 is 81.4 Å². The van der Waals surface area contributed by atoms with Crippen LogP contribution in [0.25, 0.3) is 10.9 Å². The molecule has 6 aromatic rings. The normalized spacial score (nSPS) is 13.5. The molecule has 0 saturated carbocycles. The predicted octanol–water partition coefficient (Wildman–Crippen LogP) is 10.6. The number of primary amides is 1. The second kappa shape index (κ2) is 24.6. The van der Waals surface area contributed by atoms with Crippen molar-refractivity contribution in [3.63, 3.8) is 0 Å². The van der Waals surface area contributed by atoms with Gasteiger partial charge in [-0.1, -0.05) is 96.0 Å². The number of nitrogens with zero attached hydrogens (tertiary/aromatic N) is 6. The number of halogens is 2. The summed E-state index contributed by atoms with van der Waals surface area (Å²) in [5.41, 5.74) is 9.20. The highest BCUT2D eigenvalue weighted by Gasteiger charge is 2.37. The van der Waals surface area contributed by atoms with Crippen molar-refractivity contribution in [2.75, 3.05) is 16.8 Å². The lowest BCUT2D eigenvalue weighted by Gasteiger charge is -2.28. The topological polar surface area (TPSA) is 209 Å². The van der Waals surface area contributed by atoms with E-state index in [1.807, 2.05) is 74.5 Å². The van der Waals surface area contributed by atoms with E-state index in [0.717, 1.165) is 46.2 Å². The maximum Gasteiger partial charge on any atom is 0.425 e. The van der Waals surface area contributed by atoms with Crippen LogP contribution >= 0.6 is 23.2 Å². The first-order chi connectivity index (χ1) is 35.0. The number of ether oxygens (including phenoxy) is 3. The Kier molecular flexibility index (Phi) is 18.6. The van der Waals surface area contributed by atoms with Gasteiger partial charge in [-0.2, -0.15) is 10.00 Å². The number of hydrogen-bond donors (Lipinski definition) is 2. The average molecular weight is 1050 g/mol. The van der Waals surface area contributed by atoms with Crippen LogP contribution < -0.4 is 16.0 Å². The van der Waals surface area contributed by atoms with E-state index in [2.05, 4.69) is 15.4 Å². The molecule has 1 saturated heterocycles. The molecule has 390 valence electrons. The van der Waals surface area contributed by atoms with Crippen LogP contribution in [0.1, 0.15) is 100 Å². The number of anilines is 2. The molecular weight excluding hydrogens is 988 g/mol. The van der Waals surface area contributed by atoms with Crippen LogP contribution in [0.5, 0.6) is 0 Å². The molecule has 1 aliphatic rings. The average Bonchev–Trinajstić information content (AvgIpc) is 3.79. The predicted molar refractivity (Wildman–Crippen MR) is 283 cm³/mol. The Morgan fingerprint density at radius 1 is 0.689 bits per heavy atom. The van der Waals surface area contributed by atoms with Gasteiger partial charge in [-0.15, -0.1) is 0 Å². The molecule has 17 nitrogen and oxygen atoms in total. The van der Waals surface area contributed by atoms with Crippen LogP contribution in [0.4, 0.5) is 21.1 Å². The van der Waals surface area contributed by atoms with Crippen molar-refractivity contribution in [2.45, 2.75) is 118 Å². The molecule has 6 amide bonds. The van der Waals surface area contributed by atoms with E-state index >= 15 is 0 Å². The van der Waals surface area contributed by atoms with E-state index in [1.54, 1.807) is 82.6 Å². The number of nitrogens with two attached hydrogens (primary N) is 1. The van der Waals surface area contributed by atoms with Crippen molar-refractivity contribution in [3.05, 3.63) is 153 Å². The number of hydrogen-bond acceptors (Lipinski definition) is 11. The van der Waals surface area contributed by atoms with Crippen molar-refractivity contribution in [1.29, 1.82) is 0 Å². The van der Waals surface area contributed by atoms with Crippen molar-refractivity contribution in [1.82, 2.24) is 24.6 Å². The summed E-state index contributed by atoms with van der Waals surface area (Å²) < 4.78 is 18.8.